The Hall–Kier alpha value is -0.750. The first-order valence-corrected chi connectivity index (χ1v) is 7.10. The van der Waals surface area contributed by atoms with E-state index < -0.39 is 6.10 Å². The van der Waals surface area contributed by atoms with Crippen LogP contribution in [0.3, 0.4) is 0 Å². The first kappa shape index (κ1) is 16.3. The molecule has 0 aromatic heterocycles. The highest BCUT2D eigenvalue weighted by atomic mass is 35.5. The molecular formula is C13H19ClN2O2S. The Morgan fingerprint density at radius 3 is 2.84 bits per heavy atom. The number of benzene rings is 1. The number of hydrogen-bond acceptors (Lipinski definition) is 4. The molecule has 0 saturated carbocycles. The number of rotatable bonds is 4. The van der Waals surface area contributed by atoms with Gasteiger partial charge in [0.2, 0.25) is 5.91 Å². The fraction of sp³-hybridized carbons (Fsp3) is 0.462. The van der Waals surface area contributed by atoms with E-state index in [9.17, 15) is 9.90 Å². The van der Waals surface area contributed by atoms with Gasteiger partial charge in [0.1, 0.15) is 0 Å². The molecule has 6 heteroatoms. The lowest BCUT2D eigenvalue weighted by Gasteiger charge is -2.29. The van der Waals surface area contributed by atoms with Crippen LogP contribution >= 0.6 is 24.2 Å². The van der Waals surface area contributed by atoms with Crippen molar-refractivity contribution in [3.63, 3.8) is 0 Å². The Morgan fingerprint density at radius 2 is 2.16 bits per heavy atom. The monoisotopic (exact) mass is 302 g/mol. The molecule has 1 aliphatic heterocycles. The second-order valence-electron chi connectivity index (χ2n) is 4.34. The summed E-state index contributed by atoms with van der Waals surface area (Å²) >= 11 is 1.50. The van der Waals surface area contributed by atoms with Crippen molar-refractivity contribution in [2.75, 3.05) is 18.8 Å². The Bertz CT molecular complexity index is 391. The Morgan fingerprint density at radius 1 is 1.42 bits per heavy atom. The van der Waals surface area contributed by atoms with Gasteiger partial charge in [0, 0.05) is 11.4 Å². The molecule has 0 unspecified atom stereocenters. The first-order valence-electron chi connectivity index (χ1n) is 6.11. The van der Waals surface area contributed by atoms with Gasteiger partial charge in [-0.05, 0) is 25.1 Å². The topological polar surface area (TPSA) is 61.4 Å². The van der Waals surface area contributed by atoms with E-state index in [2.05, 4.69) is 10.6 Å². The zero-order valence-electron chi connectivity index (χ0n) is 10.5. The van der Waals surface area contributed by atoms with Crippen molar-refractivity contribution < 1.29 is 9.90 Å². The summed E-state index contributed by atoms with van der Waals surface area (Å²) in [6.45, 7) is 1.45. The van der Waals surface area contributed by atoms with E-state index in [1.807, 2.05) is 30.3 Å². The molecule has 1 aromatic carbocycles. The van der Waals surface area contributed by atoms with Gasteiger partial charge in [-0.15, -0.1) is 24.2 Å². The Kier molecular flexibility index (Phi) is 7.23. The first-order chi connectivity index (χ1) is 8.75. The van der Waals surface area contributed by atoms with E-state index >= 15 is 0 Å². The third-order valence-electron chi connectivity index (χ3n) is 2.91. The number of hydrogen-bond donors (Lipinski definition) is 3. The average Bonchev–Trinajstić information content (AvgIpc) is 2.40. The number of carbonyl (C=O) groups is 1. The smallest absolute Gasteiger partial charge is 0.230 e. The maximum Gasteiger partial charge on any atom is 0.230 e. The second-order valence-corrected chi connectivity index (χ2v) is 5.38. The van der Waals surface area contributed by atoms with Crippen molar-refractivity contribution in [1.82, 2.24) is 10.6 Å². The van der Waals surface area contributed by atoms with Crippen LogP contribution in [0.15, 0.2) is 35.2 Å². The predicted octanol–water partition coefficient (Wildman–Crippen LogP) is 1.04. The van der Waals surface area contributed by atoms with Crippen LogP contribution in [0.25, 0.3) is 0 Å². The summed E-state index contributed by atoms with van der Waals surface area (Å²) in [5, 5.41) is 15.8. The van der Waals surface area contributed by atoms with Crippen LogP contribution in [0.2, 0.25) is 0 Å². The maximum absolute atomic E-state index is 11.8. The molecule has 3 N–H and O–H groups in total. The summed E-state index contributed by atoms with van der Waals surface area (Å²) in [6.07, 6.45) is 0.258. The predicted molar refractivity (Wildman–Crippen MR) is 79.8 cm³/mol. The van der Waals surface area contributed by atoms with E-state index in [0.29, 0.717) is 18.7 Å². The van der Waals surface area contributed by atoms with Gasteiger partial charge in [-0.2, -0.15) is 0 Å². The Balaban J connectivity index is 0.00000180. The Labute approximate surface area is 123 Å². The molecule has 106 valence electrons. The van der Waals surface area contributed by atoms with E-state index in [0.717, 1.165) is 11.4 Å². The molecule has 1 saturated heterocycles. The standard InChI is InChI=1S/C13H18N2O2S.ClH/c16-12-6-7-14-8-11(12)15-13(17)9-18-10-4-2-1-3-5-10;/h1-5,11-12,14,16H,6-9H2,(H,15,17);1H/t11-,12+;/m0./s1. The molecular weight excluding hydrogens is 284 g/mol. The lowest BCUT2D eigenvalue weighted by Crippen LogP contribution is -2.54. The third kappa shape index (κ3) is 5.40. The fourth-order valence-electron chi connectivity index (χ4n) is 1.91. The van der Waals surface area contributed by atoms with Gasteiger partial charge >= 0.3 is 0 Å². The van der Waals surface area contributed by atoms with E-state index in [1.165, 1.54) is 11.8 Å². The molecule has 0 radical (unpaired) electrons. The van der Waals surface area contributed by atoms with Crippen LogP contribution < -0.4 is 10.6 Å². The number of piperidine rings is 1. The van der Waals surface area contributed by atoms with Crippen molar-refractivity contribution in [2.45, 2.75) is 23.5 Å². The summed E-state index contributed by atoms with van der Waals surface area (Å²) < 4.78 is 0. The van der Waals surface area contributed by atoms with E-state index in [4.69, 9.17) is 0 Å². The van der Waals surface area contributed by atoms with E-state index in [-0.39, 0.29) is 24.4 Å². The molecule has 1 aromatic rings. The molecule has 0 aliphatic carbocycles. The summed E-state index contributed by atoms with van der Waals surface area (Å²) in [4.78, 5) is 12.8. The van der Waals surface area contributed by atoms with E-state index in [1.54, 1.807) is 0 Å². The minimum absolute atomic E-state index is 0. The molecule has 2 rings (SSSR count). The van der Waals surface area contributed by atoms with Gasteiger partial charge in [-0.1, -0.05) is 18.2 Å². The largest absolute Gasteiger partial charge is 0.391 e. The van der Waals surface area contributed by atoms with Crippen LogP contribution in [0, 0.1) is 0 Å². The zero-order valence-corrected chi connectivity index (χ0v) is 12.2. The highest BCUT2D eigenvalue weighted by Crippen LogP contribution is 2.16. The number of carbonyl (C=O) groups excluding carboxylic acids is 1. The van der Waals surface area contributed by atoms with Gasteiger partial charge in [-0.3, -0.25) is 4.79 Å². The number of amides is 1. The van der Waals surface area contributed by atoms with Crippen LogP contribution in [-0.4, -0.2) is 42.0 Å². The van der Waals surface area contributed by atoms with Gasteiger partial charge in [0.15, 0.2) is 0 Å². The number of halogens is 1. The summed E-state index contributed by atoms with van der Waals surface area (Å²) in [6, 6.07) is 9.66. The van der Waals surface area contributed by atoms with Gasteiger partial charge in [-0.25, -0.2) is 0 Å². The molecule has 0 bridgehead atoms. The lowest BCUT2D eigenvalue weighted by molar-refractivity contribution is -0.120. The van der Waals surface area contributed by atoms with Crippen molar-refractivity contribution in [3.05, 3.63) is 30.3 Å². The highest BCUT2D eigenvalue weighted by molar-refractivity contribution is 8.00. The number of thioether (sulfide) groups is 1. The lowest BCUT2D eigenvalue weighted by atomic mass is 10.0. The molecule has 1 heterocycles. The SMILES string of the molecule is Cl.O=C(CSc1ccccc1)N[C@H]1CNCC[C@H]1O. The normalized spacial score (nSPS) is 22.4. The molecule has 1 fully saturated rings. The molecule has 1 amide bonds. The summed E-state index contributed by atoms with van der Waals surface area (Å²) in [5.41, 5.74) is 0. The van der Waals surface area contributed by atoms with Crippen molar-refractivity contribution in [1.29, 1.82) is 0 Å². The molecule has 4 nitrogen and oxygen atoms in total. The summed E-state index contributed by atoms with van der Waals surface area (Å²) in [5.74, 6) is 0.351. The number of nitrogens with one attached hydrogen (secondary N) is 2. The van der Waals surface area contributed by atoms with Crippen molar-refractivity contribution in [2.24, 2.45) is 0 Å². The van der Waals surface area contributed by atoms with Crippen LogP contribution in [0.4, 0.5) is 0 Å². The molecule has 0 spiro atoms. The van der Waals surface area contributed by atoms with Crippen molar-refractivity contribution >= 4 is 30.1 Å². The highest BCUT2D eigenvalue weighted by Gasteiger charge is 2.23. The van der Waals surface area contributed by atoms with Gasteiger partial charge in [0.25, 0.3) is 0 Å². The van der Waals surface area contributed by atoms with Crippen LogP contribution in [-0.2, 0) is 4.79 Å². The van der Waals surface area contributed by atoms with Crippen LogP contribution in [0.1, 0.15) is 6.42 Å². The fourth-order valence-corrected chi connectivity index (χ4v) is 2.64. The molecule has 1 aliphatic rings. The quantitative estimate of drug-likeness (QED) is 0.727. The average molecular weight is 303 g/mol. The minimum Gasteiger partial charge on any atom is -0.391 e. The number of aliphatic hydroxyl groups excluding tert-OH is 1. The minimum atomic E-state index is -0.433. The molecule has 2 atom stereocenters. The summed E-state index contributed by atoms with van der Waals surface area (Å²) in [7, 11) is 0. The van der Waals surface area contributed by atoms with Gasteiger partial charge in [0.05, 0.1) is 17.9 Å². The van der Waals surface area contributed by atoms with Gasteiger partial charge < -0.3 is 15.7 Å². The van der Waals surface area contributed by atoms with Crippen LogP contribution in [0.5, 0.6) is 0 Å². The third-order valence-corrected chi connectivity index (χ3v) is 3.92. The van der Waals surface area contributed by atoms with Crippen molar-refractivity contribution in [3.8, 4) is 0 Å². The zero-order chi connectivity index (χ0) is 12.8. The second kappa shape index (κ2) is 8.43. The molecule has 19 heavy (non-hydrogen) atoms. The maximum atomic E-state index is 11.8. The number of aliphatic hydroxyl groups is 1.